The Balaban J connectivity index is 1.92. The Morgan fingerprint density at radius 1 is 1.23 bits per heavy atom. The fourth-order valence-corrected chi connectivity index (χ4v) is 3.86. The summed E-state index contributed by atoms with van der Waals surface area (Å²) in [6.45, 7) is 7.67. The van der Waals surface area contributed by atoms with Gasteiger partial charge in [-0.2, -0.15) is 0 Å². The Labute approximate surface area is 160 Å². The van der Waals surface area contributed by atoms with Gasteiger partial charge in [0.05, 0.1) is 5.88 Å². The summed E-state index contributed by atoms with van der Waals surface area (Å²) in [5.41, 5.74) is 1.47. The summed E-state index contributed by atoms with van der Waals surface area (Å²) < 4.78 is 5.41. The van der Waals surface area contributed by atoms with E-state index in [1.807, 2.05) is 32.9 Å². The molecule has 1 heterocycles. The highest BCUT2D eigenvalue weighted by molar-refractivity contribution is 7.99. The van der Waals surface area contributed by atoms with Crippen LogP contribution in [-0.4, -0.2) is 40.2 Å². The molecule has 0 spiro atoms. The van der Waals surface area contributed by atoms with Gasteiger partial charge in [-0.05, 0) is 51.3 Å². The van der Waals surface area contributed by atoms with Crippen LogP contribution in [0, 0.1) is 0 Å². The van der Waals surface area contributed by atoms with Crippen LogP contribution < -0.4 is 5.32 Å². The highest BCUT2D eigenvalue weighted by atomic mass is 32.2. The average Bonchev–Trinajstić information content (AvgIpc) is 3.05. The van der Waals surface area contributed by atoms with Crippen molar-refractivity contribution in [3.8, 4) is 0 Å². The van der Waals surface area contributed by atoms with Crippen LogP contribution in [0.1, 0.15) is 52.5 Å². The number of benzene rings is 1. The van der Waals surface area contributed by atoms with Gasteiger partial charge < -0.3 is 10.1 Å². The van der Waals surface area contributed by atoms with Gasteiger partial charge in [-0.1, -0.05) is 31.9 Å². The molecule has 0 aliphatic carbocycles. The number of ether oxygens (including phenoxy) is 1. The minimum Gasteiger partial charge on any atom is -0.444 e. The quantitative estimate of drug-likeness (QED) is 0.731. The van der Waals surface area contributed by atoms with E-state index in [4.69, 9.17) is 4.74 Å². The summed E-state index contributed by atoms with van der Waals surface area (Å²) in [5, 5.41) is 2.92. The molecule has 144 valence electrons. The third kappa shape index (κ3) is 6.24. The Bertz CT molecular complexity index is 610. The van der Waals surface area contributed by atoms with Gasteiger partial charge in [-0.25, -0.2) is 4.79 Å². The molecule has 0 aromatic heterocycles. The molecular formula is C20H30N2O3S. The standard InChI is InChI=1S/C20H30N2O3S/c1-5-6-7-8-15-9-11-16(12-10-15)21-18(23)17-13-26-14-22(17)19(24)25-20(2,3)4/h9-12,17H,5-8,13-14H2,1-4H3,(H,21,23). The van der Waals surface area contributed by atoms with E-state index in [2.05, 4.69) is 24.4 Å². The number of carbonyl (C=O) groups excluding carboxylic acids is 2. The van der Waals surface area contributed by atoms with Gasteiger partial charge in [-0.3, -0.25) is 9.69 Å². The molecule has 0 radical (unpaired) electrons. The highest BCUT2D eigenvalue weighted by Gasteiger charge is 2.37. The largest absolute Gasteiger partial charge is 0.444 e. The van der Waals surface area contributed by atoms with E-state index in [0.717, 1.165) is 12.1 Å². The summed E-state index contributed by atoms with van der Waals surface area (Å²) in [6, 6.07) is 7.47. The van der Waals surface area contributed by atoms with Crippen LogP contribution in [0.5, 0.6) is 0 Å². The molecule has 1 atom stereocenters. The third-order valence-electron chi connectivity index (χ3n) is 4.10. The maximum atomic E-state index is 12.6. The van der Waals surface area contributed by atoms with Gasteiger partial charge in [0.25, 0.3) is 0 Å². The Hall–Kier alpha value is -1.69. The number of thioether (sulfide) groups is 1. The first kappa shape index (κ1) is 20.6. The van der Waals surface area contributed by atoms with Gasteiger partial charge >= 0.3 is 6.09 Å². The van der Waals surface area contributed by atoms with Gasteiger partial charge in [0.1, 0.15) is 11.6 Å². The molecule has 2 amide bonds. The molecule has 5 nitrogen and oxygen atoms in total. The number of anilines is 1. The molecule has 1 fully saturated rings. The Morgan fingerprint density at radius 2 is 1.92 bits per heavy atom. The van der Waals surface area contributed by atoms with Crippen LogP contribution in [0.4, 0.5) is 10.5 Å². The van der Waals surface area contributed by atoms with E-state index in [1.54, 1.807) is 11.8 Å². The second-order valence-electron chi connectivity index (χ2n) is 7.61. The van der Waals surface area contributed by atoms with Crippen molar-refractivity contribution in [2.75, 3.05) is 16.9 Å². The number of nitrogens with one attached hydrogen (secondary N) is 1. The van der Waals surface area contributed by atoms with Crippen molar-refractivity contribution in [2.45, 2.75) is 65.0 Å². The van der Waals surface area contributed by atoms with Crippen molar-refractivity contribution >= 4 is 29.4 Å². The number of nitrogens with zero attached hydrogens (tertiary/aromatic N) is 1. The lowest BCUT2D eigenvalue weighted by atomic mass is 10.1. The fraction of sp³-hybridized carbons (Fsp3) is 0.600. The van der Waals surface area contributed by atoms with E-state index < -0.39 is 17.7 Å². The number of rotatable bonds is 6. The number of aryl methyl sites for hydroxylation is 1. The number of hydrogen-bond donors (Lipinski definition) is 1. The zero-order valence-electron chi connectivity index (χ0n) is 16.2. The van der Waals surface area contributed by atoms with Crippen LogP contribution in [0.15, 0.2) is 24.3 Å². The molecule has 1 aromatic rings. The fourth-order valence-electron chi connectivity index (χ4n) is 2.72. The van der Waals surface area contributed by atoms with Gasteiger partial charge in [0.2, 0.25) is 5.91 Å². The second-order valence-corrected chi connectivity index (χ2v) is 8.61. The monoisotopic (exact) mass is 378 g/mol. The SMILES string of the molecule is CCCCCc1ccc(NC(=O)C2CSCN2C(=O)OC(C)(C)C)cc1. The minimum absolute atomic E-state index is 0.167. The van der Waals surface area contributed by atoms with Crippen molar-refractivity contribution < 1.29 is 14.3 Å². The van der Waals surface area contributed by atoms with Crippen LogP contribution in [0.2, 0.25) is 0 Å². The van der Waals surface area contributed by atoms with Crippen LogP contribution in [-0.2, 0) is 16.0 Å². The number of carbonyl (C=O) groups is 2. The molecule has 1 aromatic carbocycles. The highest BCUT2D eigenvalue weighted by Crippen LogP contribution is 2.25. The molecule has 1 aliphatic rings. The third-order valence-corrected chi connectivity index (χ3v) is 5.12. The van der Waals surface area contributed by atoms with E-state index >= 15 is 0 Å². The predicted molar refractivity (Wildman–Crippen MR) is 107 cm³/mol. The normalized spacial score (nSPS) is 17.2. The number of unbranched alkanes of at least 4 members (excludes halogenated alkanes) is 2. The first-order valence-corrected chi connectivity index (χ1v) is 10.4. The first-order chi connectivity index (χ1) is 12.3. The number of amides is 2. The Morgan fingerprint density at radius 3 is 2.54 bits per heavy atom. The molecule has 6 heteroatoms. The molecule has 1 N–H and O–H groups in total. The van der Waals surface area contributed by atoms with Gasteiger partial charge in [0, 0.05) is 11.4 Å². The molecule has 1 saturated heterocycles. The maximum Gasteiger partial charge on any atom is 0.411 e. The molecule has 26 heavy (non-hydrogen) atoms. The topological polar surface area (TPSA) is 58.6 Å². The van der Waals surface area contributed by atoms with Crippen LogP contribution in [0.25, 0.3) is 0 Å². The summed E-state index contributed by atoms with van der Waals surface area (Å²) in [5.74, 6) is 0.892. The summed E-state index contributed by atoms with van der Waals surface area (Å²) in [4.78, 5) is 26.4. The lowest BCUT2D eigenvalue weighted by molar-refractivity contribution is -0.120. The van der Waals surface area contributed by atoms with E-state index in [9.17, 15) is 9.59 Å². The van der Waals surface area contributed by atoms with E-state index in [1.165, 1.54) is 29.7 Å². The van der Waals surface area contributed by atoms with Crippen molar-refractivity contribution in [3.63, 3.8) is 0 Å². The smallest absolute Gasteiger partial charge is 0.411 e. The molecule has 2 rings (SSSR count). The molecule has 0 bridgehead atoms. The summed E-state index contributed by atoms with van der Waals surface area (Å²) in [7, 11) is 0. The Kier molecular flexibility index (Phi) is 7.38. The van der Waals surface area contributed by atoms with Gasteiger partial charge in [-0.15, -0.1) is 11.8 Å². The van der Waals surface area contributed by atoms with Crippen molar-refractivity contribution in [2.24, 2.45) is 0 Å². The van der Waals surface area contributed by atoms with Crippen molar-refractivity contribution in [1.82, 2.24) is 4.90 Å². The average molecular weight is 379 g/mol. The zero-order valence-corrected chi connectivity index (χ0v) is 17.0. The van der Waals surface area contributed by atoms with Crippen molar-refractivity contribution in [1.29, 1.82) is 0 Å². The van der Waals surface area contributed by atoms with Gasteiger partial charge in [0.15, 0.2) is 0 Å². The van der Waals surface area contributed by atoms with E-state index in [0.29, 0.717) is 11.6 Å². The van der Waals surface area contributed by atoms with Crippen molar-refractivity contribution in [3.05, 3.63) is 29.8 Å². The first-order valence-electron chi connectivity index (χ1n) is 9.27. The zero-order chi connectivity index (χ0) is 19.2. The summed E-state index contributed by atoms with van der Waals surface area (Å²) >= 11 is 1.56. The predicted octanol–water partition coefficient (Wildman–Crippen LogP) is 4.67. The minimum atomic E-state index is -0.570. The lowest BCUT2D eigenvalue weighted by Crippen LogP contribution is -2.46. The molecule has 1 unspecified atom stereocenters. The molecule has 0 saturated carbocycles. The number of hydrogen-bond acceptors (Lipinski definition) is 4. The molecular weight excluding hydrogens is 348 g/mol. The van der Waals surface area contributed by atoms with Crippen LogP contribution >= 0.6 is 11.8 Å². The summed E-state index contributed by atoms with van der Waals surface area (Å²) in [6.07, 6.45) is 4.26. The maximum absolute atomic E-state index is 12.6. The second kappa shape index (κ2) is 9.31. The molecule has 1 aliphatic heterocycles. The van der Waals surface area contributed by atoms with E-state index in [-0.39, 0.29) is 5.91 Å². The van der Waals surface area contributed by atoms with Crippen LogP contribution in [0.3, 0.4) is 0 Å². The lowest BCUT2D eigenvalue weighted by Gasteiger charge is -2.27.